The number of aryl methyl sites for hydroxylation is 1. The first-order chi connectivity index (χ1) is 19.8. The fourth-order valence-electron chi connectivity index (χ4n) is 7.41. The number of ether oxygens (including phenoxy) is 3. The van der Waals surface area contributed by atoms with Crippen LogP contribution in [0.15, 0.2) is 60.7 Å². The van der Waals surface area contributed by atoms with E-state index in [4.69, 9.17) is 14.2 Å². The van der Waals surface area contributed by atoms with Gasteiger partial charge >= 0.3 is 5.97 Å². The molecule has 0 aromatic heterocycles. The molecule has 1 spiro atoms. The lowest BCUT2D eigenvalue weighted by Crippen LogP contribution is -2.50. The van der Waals surface area contributed by atoms with E-state index in [0.29, 0.717) is 17.9 Å². The molecule has 0 heterocycles. The molecule has 4 nitrogen and oxygen atoms in total. The average Bonchev–Trinajstić information content (AvgIpc) is 3.33. The van der Waals surface area contributed by atoms with Crippen molar-refractivity contribution in [2.75, 3.05) is 14.2 Å². The molecule has 1 saturated carbocycles. The second kappa shape index (κ2) is 10.7. The van der Waals surface area contributed by atoms with Crippen LogP contribution in [0.1, 0.15) is 74.6 Å². The highest BCUT2D eigenvalue weighted by atomic mass is 19.1. The normalized spacial score (nSPS) is 22.5. The van der Waals surface area contributed by atoms with E-state index in [9.17, 15) is 4.79 Å². The second-order valence-corrected chi connectivity index (χ2v) is 12.5. The molecule has 2 atom stereocenters. The highest BCUT2D eigenvalue weighted by molar-refractivity contribution is 5.85. The van der Waals surface area contributed by atoms with Crippen LogP contribution in [0.25, 0.3) is 16.7 Å². The lowest BCUT2D eigenvalue weighted by atomic mass is 9.52. The van der Waals surface area contributed by atoms with Crippen LogP contribution in [0, 0.1) is 17.2 Å². The molecule has 0 bridgehead atoms. The Hall–Kier alpha value is -3.60. The number of carbonyl (C=O) groups is 1. The van der Waals surface area contributed by atoms with Crippen LogP contribution in [0.3, 0.4) is 0 Å². The van der Waals surface area contributed by atoms with Gasteiger partial charge in [0.2, 0.25) is 0 Å². The Kier molecular flexibility index (Phi) is 7.17. The Labute approximate surface area is 242 Å². The zero-order chi connectivity index (χ0) is 28.8. The van der Waals surface area contributed by atoms with E-state index in [0.717, 1.165) is 67.4 Å². The van der Waals surface area contributed by atoms with Gasteiger partial charge in [-0.05, 0) is 120 Å². The molecule has 3 aliphatic rings. The number of allylic oxidation sites excluding steroid dienone is 2. The van der Waals surface area contributed by atoms with Gasteiger partial charge in [0.05, 0.1) is 20.1 Å². The fraction of sp³-hybridized carbons (Fsp3) is 0.417. The molecule has 6 rings (SSSR count). The van der Waals surface area contributed by atoms with E-state index >= 15 is 4.39 Å². The van der Waals surface area contributed by atoms with Crippen LogP contribution >= 0.6 is 0 Å². The number of esters is 1. The van der Waals surface area contributed by atoms with Crippen molar-refractivity contribution in [1.82, 2.24) is 0 Å². The van der Waals surface area contributed by atoms with Crippen molar-refractivity contribution >= 4 is 11.5 Å². The molecule has 0 saturated heterocycles. The first-order valence-corrected chi connectivity index (χ1v) is 14.8. The second-order valence-electron chi connectivity index (χ2n) is 12.5. The molecule has 0 unspecified atom stereocenters. The van der Waals surface area contributed by atoms with Gasteiger partial charge in [-0.3, -0.25) is 4.79 Å². The molecular weight excluding hydrogens is 515 g/mol. The number of hydrogen-bond acceptors (Lipinski definition) is 4. The molecule has 41 heavy (non-hydrogen) atoms. The summed E-state index contributed by atoms with van der Waals surface area (Å²) < 4.78 is 32.1. The number of benzene rings is 3. The summed E-state index contributed by atoms with van der Waals surface area (Å²) in [4.78, 5) is 12.6. The number of rotatable bonds is 7. The van der Waals surface area contributed by atoms with Gasteiger partial charge in [-0.15, -0.1) is 0 Å². The van der Waals surface area contributed by atoms with E-state index in [-0.39, 0.29) is 28.5 Å². The van der Waals surface area contributed by atoms with Crippen molar-refractivity contribution in [1.29, 1.82) is 0 Å². The molecule has 3 aromatic carbocycles. The third-order valence-electron chi connectivity index (χ3n) is 9.81. The maximum Gasteiger partial charge on any atom is 0.309 e. The van der Waals surface area contributed by atoms with Crippen molar-refractivity contribution in [3.8, 4) is 22.6 Å². The topological polar surface area (TPSA) is 44.8 Å². The van der Waals surface area contributed by atoms with E-state index in [1.165, 1.54) is 29.9 Å². The Balaban J connectivity index is 1.31. The molecule has 0 aliphatic heterocycles. The van der Waals surface area contributed by atoms with Crippen molar-refractivity contribution < 1.29 is 23.4 Å². The van der Waals surface area contributed by atoms with Gasteiger partial charge in [0.25, 0.3) is 0 Å². The largest absolute Gasteiger partial charge is 0.497 e. The van der Waals surface area contributed by atoms with Crippen LogP contribution in [0.2, 0.25) is 0 Å². The number of methoxy groups -OCH3 is 2. The summed E-state index contributed by atoms with van der Waals surface area (Å²) >= 11 is 0. The third kappa shape index (κ3) is 4.83. The number of fused-ring (bicyclic) bond motifs is 2. The predicted molar refractivity (Wildman–Crippen MR) is 160 cm³/mol. The number of halogens is 1. The van der Waals surface area contributed by atoms with E-state index in [2.05, 4.69) is 38.1 Å². The van der Waals surface area contributed by atoms with Gasteiger partial charge in [-0.25, -0.2) is 4.39 Å². The number of carbonyl (C=O) groups excluding carboxylic acids is 1. The number of hydrogen-bond donors (Lipinski definition) is 0. The van der Waals surface area contributed by atoms with Gasteiger partial charge in [-0.2, -0.15) is 0 Å². The molecule has 3 aliphatic carbocycles. The standard InChI is InChI=1S/C36H39FO4/c1-35(2)16-6-8-30(35)28-19-23(9-13-27(28)29-20-25(39-3)12-14-33(29)37)22-41-26-11-10-24-7-5-17-36(32(24)21-26)18-15-31(36)34(38)40-4/h8-14,19-21,31H,5-7,15-18,22H2,1-4H3/t31-,36+/m0/s1. The van der Waals surface area contributed by atoms with Crippen LogP contribution < -0.4 is 9.47 Å². The summed E-state index contributed by atoms with van der Waals surface area (Å²) in [6.07, 6.45) is 9.39. The van der Waals surface area contributed by atoms with Gasteiger partial charge in [0.1, 0.15) is 23.9 Å². The molecule has 3 aromatic rings. The van der Waals surface area contributed by atoms with Crippen molar-refractivity contribution in [2.45, 2.75) is 70.8 Å². The van der Waals surface area contributed by atoms with Crippen LogP contribution in [-0.4, -0.2) is 20.2 Å². The summed E-state index contributed by atoms with van der Waals surface area (Å²) in [5, 5.41) is 0. The Morgan fingerprint density at radius 3 is 2.46 bits per heavy atom. The highest BCUT2D eigenvalue weighted by Gasteiger charge is 2.53. The fourth-order valence-corrected chi connectivity index (χ4v) is 7.41. The van der Waals surface area contributed by atoms with Crippen LogP contribution in [0.4, 0.5) is 4.39 Å². The van der Waals surface area contributed by atoms with Crippen LogP contribution in [-0.2, 0) is 28.0 Å². The summed E-state index contributed by atoms with van der Waals surface area (Å²) in [5.74, 6) is 1.00. The SMILES string of the molecule is COC(=O)[C@@H]1CC[C@]12CCCc1ccc(OCc3ccc(-c4cc(OC)ccc4F)c(C4=CCCC4(C)C)c3)cc12. The smallest absolute Gasteiger partial charge is 0.309 e. The van der Waals surface area contributed by atoms with Gasteiger partial charge in [0, 0.05) is 11.0 Å². The zero-order valence-electron chi connectivity index (χ0n) is 24.5. The van der Waals surface area contributed by atoms with Gasteiger partial charge in [0.15, 0.2) is 0 Å². The summed E-state index contributed by atoms with van der Waals surface area (Å²) in [6, 6.07) is 17.5. The van der Waals surface area contributed by atoms with Crippen molar-refractivity contribution in [3.63, 3.8) is 0 Å². The quantitative estimate of drug-likeness (QED) is 0.275. The molecule has 1 fully saturated rings. The first kappa shape index (κ1) is 27.6. The maximum absolute atomic E-state index is 15.1. The monoisotopic (exact) mass is 554 g/mol. The van der Waals surface area contributed by atoms with E-state index in [1.807, 2.05) is 18.2 Å². The molecule has 0 N–H and O–H groups in total. The summed E-state index contributed by atoms with van der Waals surface area (Å²) in [5.41, 5.74) is 7.15. The minimum atomic E-state index is -0.267. The van der Waals surface area contributed by atoms with Crippen molar-refractivity contribution in [2.24, 2.45) is 11.3 Å². The third-order valence-corrected chi connectivity index (χ3v) is 9.81. The average molecular weight is 555 g/mol. The molecular formula is C36H39FO4. The first-order valence-electron chi connectivity index (χ1n) is 14.8. The predicted octanol–water partition coefficient (Wildman–Crippen LogP) is 8.44. The zero-order valence-corrected chi connectivity index (χ0v) is 24.5. The molecule has 0 radical (unpaired) electrons. The van der Waals surface area contributed by atoms with Crippen molar-refractivity contribution in [3.05, 3.63) is 88.7 Å². The summed E-state index contributed by atoms with van der Waals surface area (Å²) in [7, 11) is 3.09. The maximum atomic E-state index is 15.1. The van der Waals surface area contributed by atoms with Gasteiger partial charge < -0.3 is 14.2 Å². The minimum absolute atomic E-state index is 0.00463. The Morgan fingerprint density at radius 2 is 1.76 bits per heavy atom. The Morgan fingerprint density at radius 1 is 0.927 bits per heavy atom. The highest BCUT2D eigenvalue weighted by Crippen LogP contribution is 2.56. The molecule has 5 heteroatoms. The van der Waals surface area contributed by atoms with Gasteiger partial charge in [-0.1, -0.05) is 38.1 Å². The lowest BCUT2D eigenvalue weighted by molar-refractivity contribution is -0.153. The molecule has 0 amide bonds. The Bertz CT molecular complexity index is 1520. The van der Waals surface area contributed by atoms with E-state index in [1.54, 1.807) is 19.2 Å². The molecule has 214 valence electrons. The van der Waals surface area contributed by atoms with E-state index < -0.39 is 0 Å². The van der Waals surface area contributed by atoms with Crippen LogP contribution in [0.5, 0.6) is 11.5 Å². The minimum Gasteiger partial charge on any atom is -0.497 e. The lowest BCUT2D eigenvalue weighted by Gasteiger charge is -2.51. The summed E-state index contributed by atoms with van der Waals surface area (Å²) in [6.45, 7) is 4.91.